The number of nitrogens with two attached hydrogens (primary N) is 1. The van der Waals surface area contributed by atoms with Gasteiger partial charge in [0.1, 0.15) is 6.04 Å². The Balaban J connectivity index is 3.68. The zero-order valence-electron chi connectivity index (χ0n) is 9.03. The molecule has 6 heteroatoms. The maximum absolute atomic E-state index is 11.2. The standard InChI is InChI=1S/C9H18N2O4/c1-3-15-7(13)4-5-11-9(14)8(10)6(2)12/h6,8,12H,3-5,10H2,1-2H3,(H,11,14)/t6?,8-/m1/s1. The summed E-state index contributed by atoms with van der Waals surface area (Å²) >= 11 is 0. The minimum Gasteiger partial charge on any atom is -0.466 e. The monoisotopic (exact) mass is 218 g/mol. The van der Waals surface area contributed by atoms with Crippen LogP contribution >= 0.6 is 0 Å². The van der Waals surface area contributed by atoms with E-state index < -0.39 is 18.1 Å². The topological polar surface area (TPSA) is 102 Å². The van der Waals surface area contributed by atoms with Crippen LogP contribution in [0.1, 0.15) is 20.3 Å². The lowest BCUT2D eigenvalue weighted by atomic mass is 10.2. The third-order valence-electron chi connectivity index (χ3n) is 1.76. The molecule has 0 bridgehead atoms. The first-order valence-electron chi connectivity index (χ1n) is 4.86. The molecule has 0 radical (unpaired) electrons. The van der Waals surface area contributed by atoms with Gasteiger partial charge in [-0.25, -0.2) is 0 Å². The number of rotatable bonds is 6. The molecule has 0 spiro atoms. The lowest BCUT2D eigenvalue weighted by molar-refractivity contribution is -0.143. The van der Waals surface area contributed by atoms with E-state index >= 15 is 0 Å². The van der Waals surface area contributed by atoms with Gasteiger partial charge in [0.15, 0.2) is 0 Å². The van der Waals surface area contributed by atoms with Gasteiger partial charge in [0.05, 0.1) is 19.1 Å². The maximum Gasteiger partial charge on any atom is 0.307 e. The Morgan fingerprint density at radius 1 is 1.53 bits per heavy atom. The van der Waals surface area contributed by atoms with Gasteiger partial charge in [-0.1, -0.05) is 0 Å². The summed E-state index contributed by atoms with van der Waals surface area (Å²) in [6.45, 7) is 3.62. The molecule has 15 heavy (non-hydrogen) atoms. The van der Waals surface area contributed by atoms with Crippen LogP contribution in [0.3, 0.4) is 0 Å². The summed E-state index contributed by atoms with van der Waals surface area (Å²) in [5.74, 6) is -0.849. The Morgan fingerprint density at radius 3 is 2.60 bits per heavy atom. The number of hydrogen-bond donors (Lipinski definition) is 3. The predicted octanol–water partition coefficient (Wildman–Crippen LogP) is -1.24. The number of nitrogens with one attached hydrogen (secondary N) is 1. The number of aliphatic hydroxyl groups excluding tert-OH is 1. The molecule has 0 heterocycles. The van der Waals surface area contributed by atoms with Crippen LogP contribution in [-0.4, -0.2) is 42.3 Å². The fraction of sp³-hybridized carbons (Fsp3) is 0.778. The van der Waals surface area contributed by atoms with Gasteiger partial charge >= 0.3 is 5.97 Å². The van der Waals surface area contributed by atoms with Crippen molar-refractivity contribution in [3.8, 4) is 0 Å². The molecular weight excluding hydrogens is 200 g/mol. The van der Waals surface area contributed by atoms with Gasteiger partial charge in [-0.15, -0.1) is 0 Å². The summed E-state index contributed by atoms with van der Waals surface area (Å²) in [4.78, 5) is 22.0. The van der Waals surface area contributed by atoms with E-state index in [1.54, 1.807) is 6.92 Å². The van der Waals surface area contributed by atoms with Crippen molar-refractivity contribution in [2.45, 2.75) is 32.4 Å². The van der Waals surface area contributed by atoms with Crippen LogP contribution in [0.4, 0.5) is 0 Å². The molecule has 4 N–H and O–H groups in total. The summed E-state index contributed by atoms with van der Waals surface area (Å²) in [6, 6.07) is -0.966. The molecule has 0 aromatic rings. The molecule has 0 aliphatic carbocycles. The van der Waals surface area contributed by atoms with E-state index in [2.05, 4.69) is 10.1 Å². The van der Waals surface area contributed by atoms with Crippen molar-refractivity contribution in [3.05, 3.63) is 0 Å². The van der Waals surface area contributed by atoms with Crippen molar-refractivity contribution in [2.24, 2.45) is 5.73 Å². The van der Waals surface area contributed by atoms with Crippen LogP contribution < -0.4 is 11.1 Å². The molecular formula is C9H18N2O4. The second-order valence-corrected chi connectivity index (χ2v) is 3.11. The molecule has 0 saturated heterocycles. The lowest BCUT2D eigenvalue weighted by Gasteiger charge is -2.14. The molecule has 0 aromatic heterocycles. The lowest BCUT2D eigenvalue weighted by Crippen LogP contribution is -2.47. The first-order chi connectivity index (χ1) is 6.99. The van der Waals surface area contributed by atoms with Gasteiger partial charge in [-0.3, -0.25) is 9.59 Å². The smallest absolute Gasteiger partial charge is 0.307 e. The summed E-state index contributed by atoms with van der Waals surface area (Å²) in [5, 5.41) is 11.4. The first-order valence-corrected chi connectivity index (χ1v) is 4.86. The highest BCUT2D eigenvalue weighted by Gasteiger charge is 2.18. The van der Waals surface area contributed by atoms with E-state index in [4.69, 9.17) is 10.8 Å². The fourth-order valence-electron chi connectivity index (χ4n) is 0.858. The fourth-order valence-corrected chi connectivity index (χ4v) is 0.858. The van der Waals surface area contributed by atoms with Crippen molar-refractivity contribution in [3.63, 3.8) is 0 Å². The van der Waals surface area contributed by atoms with Gasteiger partial charge < -0.3 is 20.9 Å². The number of carbonyl (C=O) groups is 2. The molecule has 1 amide bonds. The van der Waals surface area contributed by atoms with Crippen LogP contribution in [0.2, 0.25) is 0 Å². The van der Waals surface area contributed by atoms with Crippen molar-refractivity contribution in [2.75, 3.05) is 13.2 Å². The Morgan fingerprint density at radius 2 is 2.13 bits per heavy atom. The SMILES string of the molecule is CCOC(=O)CCNC(=O)[C@H](N)C(C)O. The normalized spacial score (nSPS) is 14.1. The van der Waals surface area contributed by atoms with E-state index in [1.165, 1.54) is 6.92 Å². The van der Waals surface area contributed by atoms with Crippen LogP contribution in [0, 0.1) is 0 Å². The van der Waals surface area contributed by atoms with Crippen molar-refractivity contribution >= 4 is 11.9 Å². The second-order valence-electron chi connectivity index (χ2n) is 3.11. The van der Waals surface area contributed by atoms with E-state index in [0.29, 0.717) is 6.61 Å². The van der Waals surface area contributed by atoms with Gasteiger partial charge in [-0.2, -0.15) is 0 Å². The summed E-state index contributed by atoms with van der Waals surface area (Å²) < 4.78 is 4.66. The predicted molar refractivity (Wildman–Crippen MR) is 53.9 cm³/mol. The van der Waals surface area contributed by atoms with E-state index in [-0.39, 0.29) is 18.9 Å². The number of ether oxygens (including phenoxy) is 1. The largest absolute Gasteiger partial charge is 0.466 e. The number of aliphatic hydroxyl groups is 1. The highest BCUT2D eigenvalue weighted by Crippen LogP contribution is 1.89. The molecule has 0 aliphatic rings. The molecule has 1 unspecified atom stereocenters. The average Bonchev–Trinajstić information content (AvgIpc) is 2.16. The molecule has 2 atom stereocenters. The van der Waals surface area contributed by atoms with Crippen molar-refractivity contribution in [1.82, 2.24) is 5.32 Å². The van der Waals surface area contributed by atoms with Crippen LogP contribution in [0.15, 0.2) is 0 Å². The number of hydrogen-bond acceptors (Lipinski definition) is 5. The minimum absolute atomic E-state index is 0.103. The summed E-state index contributed by atoms with van der Waals surface area (Å²) in [5.41, 5.74) is 5.36. The van der Waals surface area contributed by atoms with E-state index in [0.717, 1.165) is 0 Å². The average molecular weight is 218 g/mol. The third-order valence-corrected chi connectivity index (χ3v) is 1.76. The van der Waals surface area contributed by atoms with E-state index in [9.17, 15) is 9.59 Å². The van der Waals surface area contributed by atoms with Crippen LogP contribution in [0.25, 0.3) is 0 Å². The second kappa shape index (κ2) is 7.19. The third kappa shape index (κ3) is 6.03. The Hall–Kier alpha value is -1.14. The zero-order chi connectivity index (χ0) is 11.8. The molecule has 0 fully saturated rings. The van der Waals surface area contributed by atoms with Crippen LogP contribution in [-0.2, 0) is 14.3 Å². The Labute approximate surface area is 88.8 Å². The molecule has 0 aliphatic heterocycles. The first kappa shape index (κ1) is 13.9. The van der Waals surface area contributed by atoms with Gasteiger partial charge in [0.2, 0.25) is 5.91 Å². The number of amides is 1. The van der Waals surface area contributed by atoms with Gasteiger partial charge in [-0.05, 0) is 13.8 Å². The Kier molecular flexibility index (Phi) is 6.64. The zero-order valence-corrected chi connectivity index (χ0v) is 9.03. The number of carbonyl (C=O) groups excluding carboxylic acids is 2. The van der Waals surface area contributed by atoms with Gasteiger partial charge in [0, 0.05) is 6.54 Å². The molecule has 0 aromatic carbocycles. The van der Waals surface area contributed by atoms with Crippen molar-refractivity contribution in [1.29, 1.82) is 0 Å². The van der Waals surface area contributed by atoms with Gasteiger partial charge in [0.25, 0.3) is 0 Å². The summed E-state index contributed by atoms with van der Waals surface area (Å²) in [7, 11) is 0. The Bertz CT molecular complexity index is 218. The maximum atomic E-state index is 11.2. The van der Waals surface area contributed by atoms with E-state index in [1.807, 2.05) is 0 Å². The molecule has 0 saturated carbocycles. The number of esters is 1. The minimum atomic E-state index is -0.966. The molecule has 0 rings (SSSR count). The van der Waals surface area contributed by atoms with Crippen molar-refractivity contribution < 1.29 is 19.4 Å². The highest BCUT2D eigenvalue weighted by atomic mass is 16.5. The molecule has 88 valence electrons. The quantitative estimate of drug-likeness (QED) is 0.484. The van der Waals surface area contributed by atoms with Crippen LogP contribution in [0.5, 0.6) is 0 Å². The molecule has 6 nitrogen and oxygen atoms in total. The summed E-state index contributed by atoms with van der Waals surface area (Å²) in [6.07, 6.45) is -0.806. The highest BCUT2D eigenvalue weighted by molar-refractivity contribution is 5.82.